The summed E-state index contributed by atoms with van der Waals surface area (Å²) in [6.45, 7) is 0.128. The highest BCUT2D eigenvalue weighted by molar-refractivity contribution is 7.92. The maximum atomic E-state index is 13.3. The summed E-state index contributed by atoms with van der Waals surface area (Å²) in [5, 5.41) is 0.299. The van der Waals surface area contributed by atoms with E-state index in [1.807, 2.05) is 30.3 Å². The van der Waals surface area contributed by atoms with Gasteiger partial charge in [0.15, 0.2) is 24.8 Å². The van der Waals surface area contributed by atoms with Gasteiger partial charge in [0.25, 0.3) is 0 Å². The maximum absolute atomic E-state index is 13.3. The zero-order valence-electron chi connectivity index (χ0n) is 17.6. The van der Waals surface area contributed by atoms with E-state index in [-0.39, 0.29) is 16.3 Å². The molecule has 0 fully saturated rings. The molecule has 0 bridgehead atoms. The lowest BCUT2D eigenvalue weighted by atomic mass is 10.2. The van der Waals surface area contributed by atoms with Crippen LogP contribution in [0.25, 0.3) is 10.2 Å². The second-order valence-electron chi connectivity index (χ2n) is 7.44. The molecule has 4 rings (SSSR count). The van der Waals surface area contributed by atoms with Crippen LogP contribution in [0.4, 0.5) is 5.13 Å². The Morgan fingerprint density at radius 2 is 1.52 bits per heavy atom. The van der Waals surface area contributed by atoms with E-state index in [1.165, 1.54) is 29.2 Å². The van der Waals surface area contributed by atoms with E-state index >= 15 is 0 Å². The number of thiazole rings is 1. The number of benzene rings is 3. The van der Waals surface area contributed by atoms with Crippen molar-refractivity contribution in [1.82, 2.24) is 4.98 Å². The number of aromatic nitrogens is 1. The fraction of sp³-hybridized carbons (Fsp3) is 0.130. The highest BCUT2D eigenvalue weighted by Gasteiger charge is 2.27. The average molecular weight is 501 g/mol. The molecule has 0 aliphatic rings. The lowest BCUT2D eigenvalue weighted by Crippen LogP contribution is -2.35. The van der Waals surface area contributed by atoms with Crippen LogP contribution in [-0.4, -0.2) is 39.7 Å². The Bertz CT molecular complexity index is 1510. The van der Waals surface area contributed by atoms with Crippen LogP contribution in [0.5, 0.6) is 0 Å². The third-order valence-electron chi connectivity index (χ3n) is 4.91. The van der Waals surface area contributed by atoms with Crippen LogP contribution >= 0.6 is 11.3 Å². The maximum Gasteiger partial charge on any atom is 0.244 e. The lowest BCUT2D eigenvalue weighted by Gasteiger charge is -2.20. The molecule has 7 nitrogen and oxygen atoms in total. The molecule has 0 atom stereocenters. The third-order valence-corrected chi connectivity index (χ3v) is 8.68. The number of rotatable bonds is 7. The molecule has 1 heterocycles. The van der Waals surface area contributed by atoms with Gasteiger partial charge in [-0.05, 0) is 35.9 Å². The van der Waals surface area contributed by atoms with Crippen LogP contribution in [0.15, 0.2) is 88.7 Å². The number of nitrogens with zero attached hydrogens (tertiary/aromatic N) is 2. The van der Waals surface area contributed by atoms with Gasteiger partial charge in [0.05, 0.1) is 26.6 Å². The Hall–Kier alpha value is -3.08. The van der Waals surface area contributed by atoms with Crippen molar-refractivity contribution in [3.63, 3.8) is 0 Å². The molecule has 33 heavy (non-hydrogen) atoms. The fourth-order valence-corrected chi connectivity index (χ4v) is 6.18. The van der Waals surface area contributed by atoms with Crippen LogP contribution in [-0.2, 0) is 31.0 Å². The number of amides is 1. The molecule has 0 aliphatic carbocycles. The quantitative estimate of drug-likeness (QED) is 0.383. The normalized spacial score (nSPS) is 12.0. The Balaban J connectivity index is 1.73. The van der Waals surface area contributed by atoms with Crippen molar-refractivity contribution in [3.8, 4) is 0 Å². The number of fused-ring (bicyclic) bond motifs is 1. The summed E-state index contributed by atoms with van der Waals surface area (Å²) >= 11 is 1.14. The summed E-state index contributed by atoms with van der Waals surface area (Å²) in [7, 11) is -7.26. The summed E-state index contributed by atoms with van der Waals surface area (Å²) in [5.41, 5.74) is 1.33. The number of sulfone groups is 2. The predicted octanol–water partition coefficient (Wildman–Crippen LogP) is 3.71. The first-order valence-electron chi connectivity index (χ1n) is 9.86. The lowest BCUT2D eigenvalue weighted by molar-refractivity contribution is -0.116. The summed E-state index contributed by atoms with van der Waals surface area (Å²) in [6.07, 6.45) is 1.12. The van der Waals surface area contributed by atoms with Crippen LogP contribution in [0, 0.1) is 0 Å². The van der Waals surface area contributed by atoms with Gasteiger partial charge in [-0.15, -0.1) is 0 Å². The first-order valence-corrected chi connectivity index (χ1v) is 14.2. The highest BCUT2D eigenvalue weighted by Crippen LogP contribution is 2.32. The summed E-state index contributed by atoms with van der Waals surface area (Å²) in [5.74, 6) is -1.33. The van der Waals surface area contributed by atoms with Gasteiger partial charge in [-0.3, -0.25) is 9.69 Å². The van der Waals surface area contributed by atoms with Crippen LogP contribution in [0.3, 0.4) is 0 Å². The predicted molar refractivity (Wildman–Crippen MR) is 129 cm³/mol. The topological polar surface area (TPSA) is 101 Å². The van der Waals surface area contributed by atoms with Crippen LogP contribution in [0.2, 0.25) is 0 Å². The van der Waals surface area contributed by atoms with E-state index in [4.69, 9.17) is 0 Å². The molecule has 0 saturated carbocycles. The molecule has 0 aliphatic heterocycles. The molecule has 1 aromatic heterocycles. The first kappa shape index (κ1) is 23.1. The molecule has 1 amide bonds. The average Bonchev–Trinajstić information content (AvgIpc) is 3.21. The largest absolute Gasteiger partial charge is 0.283 e. The second-order valence-corrected chi connectivity index (χ2v) is 12.5. The van der Waals surface area contributed by atoms with Gasteiger partial charge in [-0.25, -0.2) is 21.8 Å². The van der Waals surface area contributed by atoms with Gasteiger partial charge in [-0.1, -0.05) is 59.9 Å². The molecule has 0 N–H and O–H groups in total. The van der Waals surface area contributed by atoms with Gasteiger partial charge >= 0.3 is 0 Å². The Morgan fingerprint density at radius 1 is 0.879 bits per heavy atom. The van der Waals surface area contributed by atoms with Crippen molar-refractivity contribution in [3.05, 3.63) is 84.4 Å². The molecule has 3 aromatic carbocycles. The standard InChI is InChI=1S/C23H20N2O5S3/c1-32(27,28)19-12-13-20-21(14-19)31-23(24-20)25(15-17-8-4-2-5-9-17)22(26)16-33(29,30)18-10-6-3-7-11-18/h2-14H,15-16H2,1H3. The summed E-state index contributed by atoms with van der Waals surface area (Å²) < 4.78 is 50.1. The van der Waals surface area contributed by atoms with Crippen molar-refractivity contribution < 1.29 is 21.6 Å². The van der Waals surface area contributed by atoms with Crippen molar-refractivity contribution in [1.29, 1.82) is 0 Å². The summed E-state index contributed by atoms with van der Waals surface area (Å²) in [4.78, 5) is 19.3. The number of carbonyl (C=O) groups is 1. The van der Waals surface area contributed by atoms with Gasteiger partial charge < -0.3 is 0 Å². The Morgan fingerprint density at radius 3 is 2.15 bits per heavy atom. The first-order chi connectivity index (χ1) is 15.6. The molecule has 4 aromatic rings. The number of carbonyl (C=O) groups excluding carboxylic acids is 1. The van der Waals surface area contributed by atoms with E-state index in [9.17, 15) is 21.6 Å². The highest BCUT2D eigenvalue weighted by atomic mass is 32.2. The van der Waals surface area contributed by atoms with E-state index < -0.39 is 31.3 Å². The monoisotopic (exact) mass is 500 g/mol. The Labute approximate surface area is 196 Å². The zero-order valence-corrected chi connectivity index (χ0v) is 20.0. The minimum Gasteiger partial charge on any atom is -0.283 e. The zero-order chi connectivity index (χ0) is 23.6. The number of hydrogen-bond acceptors (Lipinski definition) is 7. The number of anilines is 1. The van der Waals surface area contributed by atoms with Gasteiger partial charge in [-0.2, -0.15) is 0 Å². The van der Waals surface area contributed by atoms with Crippen molar-refractivity contribution in [2.24, 2.45) is 0 Å². The van der Waals surface area contributed by atoms with E-state index in [0.29, 0.717) is 15.3 Å². The van der Waals surface area contributed by atoms with E-state index in [0.717, 1.165) is 23.2 Å². The summed E-state index contributed by atoms with van der Waals surface area (Å²) in [6, 6.07) is 21.5. The molecular weight excluding hydrogens is 480 g/mol. The smallest absolute Gasteiger partial charge is 0.244 e. The van der Waals surface area contributed by atoms with Crippen molar-refractivity contribution in [2.45, 2.75) is 16.3 Å². The second kappa shape index (κ2) is 9.05. The molecule has 0 radical (unpaired) electrons. The van der Waals surface area contributed by atoms with Crippen molar-refractivity contribution >= 4 is 52.3 Å². The third kappa shape index (κ3) is 5.29. The van der Waals surface area contributed by atoms with E-state index in [2.05, 4.69) is 4.98 Å². The van der Waals surface area contributed by atoms with Crippen molar-refractivity contribution in [2.75, 3.05) is 16.9 Å². The Kier molecular flexibility index (Phi) is 6.33. The van der Waals surface area contributed by atoms with Gasteiger partial charge in [0, 0.05) is 6.26 Å². The fourth-order valence-electron chi connectivity index (χ4n) is 3.22. The molecule has 0 unspecified atom stereocenters. The van der Waals surface area contributed by atoms with Crippen LogP contribution in [0.1, 0.15) is 5.56 Å². The SMILES string of the molecule is CS(=O)(=O)c1ccc2nc(N(Cc3ccccc3)C(=O)CS(=O)(=O)c3ccccc3)sc2c1. The minimum absolute atomic E-state index is 0.0695. The minimum atomic E-state index is -3.85. The molecule has 0 saturated heterocycles. The molecule has 0 spiro atoms. The number of hydrogen-bond donors (Lipinski definition) is 0. The molecule has 10 heteroatoms. The van der Waals surface area contributed by atoms with E-state index in [1.54, 1.807) is 24.3 Å². The molecular formula is C23H20N2O5S3. The molecule has 170 valence electrons. The van der Waals surface area contributed by atoms with Crippen LogP contribution < -0.4 is 4.90 Å². The van der Waals surface area contributed by atoms with Gasteiger partial charge in [0.1, 0.15) is 5.75 Å². The van der Waals surface area contributed by atoms with Gasteiger partial charge in [0.2, 0.25) is 5.91 Å².